The standard InChI is InChI=1S/C9H15N3O4S/c1-7(9(13)14)3-4-11-17(15,16)8-5-12(2)6-10-8/h5-7,11H,3-4H2,1-2H3,(H,13,14). The van der Waals surface area contributed by atoms with E-state index in [0.717, 1.165) is 0 Å². The SMILES string of the molecule is CC(CCNS(=O)(=O)c1cn(C)cn1)C(=O)O. The van der Waals surface area contributed by atoms with Crippen LogP contribution in [0.2, 0.25) is 0 Å². The van der Waals surface area contributed by atoms with Crippen LogP contribution in [0.15, 0.2) is 17.6 Å². The summed E-state index contributed by atoms with van der Waals surface area (Å²) in [5.74, 6) is -1.52. The number of nitrogens with one attached hydrogen (secondary N) is 1. The van der Waals surface area contributed by atoms with Gasteiger partial charge < -0.3 is 9.67 Å². The number of carboxylic acids is 1. The Balaban J connectivity index is 2.54. The summed E-state index contributed by atoms with van der Waals surface area (Å²) in [6.07, 6.45) is 3.00. The van der Waals surface area contributed by atoms with E-state index >= 15 is 0 Å². The molecule has 0 amide bonds. The minimum atomic E-state index is -3.64. The van der Waals surface area contributed by atoms with Crippen molar-refractivity contribution >= 4 is 16.0 Å². The summed E-state index contributed by atoms with van der Waals surface area (Å²) in [5, 5.41) is 8.57. The lowest BCUT2D eigenvalue weighted by Crippen LogP contribution is -2.27. The molecule has 1 rings (SSSR count). The number of aliphatic carboxylic acids is 1. The number of hydrogen-bond acceptors (Lipinski definition) is 4. The maximum absolute atomic E-state index is 11.7. The molecule has 0 radical (unpaired) electrons. The molecule has 0 saturated heterocycles. The minimum Gasteiger partial charge on any atom is -0.481 e. The molecule has 0 aliphatic carbocycles. The molecule has 0 aliphatic heterocycles. The Bertz CT molecular complexity index is 494. The first kappa shape index (κ1) is 13.7. The number of aryl methyl sites for hydroxylation is 1. The third-order valence-electron chi connectivity index (χ3n) is 2.25. The molecule has 1 aromatic rings. The summed E-state index contributed by atoms with van der Waals surface area (Å²) in [5.41, 5.74) is 0. The first-order chi connectivity index (χ1) is 7.83. The van der Waals surface area contributed by atoms with Gasteiger partial charge in [0, 0.05) is 19.8 Å². The summed E-state index contributed by atoms with van der Waals surface area (Å²) in [7, 11) is -1.97. The molecular formula is C9H15N3O4S. The first-order valence-electron chi connectivity index (χ1n) is 5.03. The topological polar surface area (TPSA) is 101 Å². The summed E-state index contributed by atoms with van der Waals surface area (Å²) in [4.78, 5) is 14.3. The van der Waals surface area contributed by atoms with Gasteiger partial charge in [-0.3, -0.25) is 4.79 Å². The van der Waals surface area contributed by atoms with E-state index < -0.39 is 21.9 Å². The molecule has 17 heavy (non-hydrogen) atoms. The molecule has 96 valence electrons. The van der Waals surface area contributed by atoms with Crippen LogP contribution in [0, 0.1) is 5.92 Å². The molecule has 0 saturated carbocycles. The Morgan fingerprint density at radius 1 is 1.65 bits per heavy atom. The average molecular weight is 261 g/mol. The number of rotatable bonds is 6. The second-order valence-corrected chi connectivity index (χ2v) is 5.52. The lowest BCUT2D eigenvalue weighted by molar-refractivity contribution is -0.141. The van der Waals surface area contributed by atoms with E-state index in [-0.39, 0.29) is 18.0 Å². The van der Waals surface area contributed by atoms with Crippen molar-refractivity contribution < 1.29 is 18.3 Å². The number of carboxylic acid groups (broad SMARTS) is 1. The summed E-state index contributed by atoms with van der Waals surface area (Å²) in [6, 6.07) is 0. The third kappa shape index (κ3) is 3.82. The lowest BCUT2D eigenvalue weighted by atomic mass is 10.1. The van der Waals surface area contributed by atoms with E-state index in [4.69, 9.17) is 5.11 Å². The molecule has 7 nitrogen and oxygen atoms in total. The number of nitrogens with zero attached hydrogens (tertiary/aromatic N) is 2. The van der Waals surface area contributed by atoms with Crippen molar-refractivity contribution in [3.8, 4) is 0 Å². The van der Waals surface area contributed by atoms with Crippen LogP contribution in [0.1, 0.15) is 13.3 Å². The van der Waals surface area contributed by atoms with Crippen molar-refractivity contribution in [1.29, 1.82) is 0 Å². The van der Waals surface area contributed by atoms with Crippen LogP contribution in [-0.2, 0) is 21.9 Å². The van der Waals surface area contributed by atoms with E-state index in [1.165, 1.54) is 24.0 Å². The normalized spacial score (nSPS) is 13.5. The van der Waals surface area contributed by atoms with E-state index in [9.17, 15) is 13.2 Å². The molecule has 0 aromatic carbocycles. The van der Waals surface area contributed by atoms with Gasteiger partial charge >= 0.3 is 5.97 Å². The highest BCUT2D eigenvalue weighted by Gasteiger charge is 2.18. The van der Waals surface area contributed by atoms with Gasteiger partial charge in [-0.15, -0.1) is 0 Å². The van der Waals surface area contributed by atoms with Crippen LogP contribution >= 0.6 is 0 Å². The fraction of sp³-hybridized carbons (Fsp3) is 0.556. The van der Waals surface area contributed by atoms with Crippen LogP contribution in [-0.4, -0.2) is 35.6 Å². The Morgan fingerprint density at radius 3 is 2.76 bits per heavy atom. The molecule has 0 bridgehead atoms. The van der Waals surface area contributed by atoms with Gasteiger partial charge in [0.05, 0.1) is 12.2 Å². The number of carbonyl (C=O) groups is 1. The largest absolute Gasteiger partial charge is 0.481 e. The minimum absolute atomic E-state index is 0.0667. The zero-order chi connectivity index (χ0) is 13.1. The Kier molecular flexibility index (Phi) is 4.24. The average Bonchev–Trinajstić information content (AvgIpc) is 2.65. The maximum Gasteiger partial charge on any atom is 0.306 e. The number of hydrogen-bond donors (Lipinski definition) is 2. The molecule has 0 spiro atoms. The summed E-state index contributed by atoms with van der Waals surface area (Å²) < 4.78 is 27.2. The maximum atomic E-state index is 11.7. The van der Waals surface area contributed by atoms with E-state index in [1.807, 2.05) is 0 Å². The highest BCUT2D eigenvalue weighted by molar-refractivity contribution is 7.89. The fourth-order valence-electron chi connectivity index (χ4n) is 1.13. The fourth-order valence-corrected chi connectivity index (χ4v) is 2.16. The highest BCUT2D eigenvalue weighted by Crippen LogP contribution is 2.05. The Morgan fingerprint density at radius 2 is 2.29 bits per heavy atom. The van der Waals surface area contributed by atoms with E-state index in [1.54, 1.807) is 7.05 Å². The van der Waals surface area contributed by atoms with Crippen LogP contribution in [0.25, 0.3) is 0 Å². The van der Waals surface area contributed by atoms with Gasteiger partial charge in [-0.1, -0.05) is 6.92 Å². The molecule has 1 atom stereocenters. The Labute approximate surface area is 99.5 Å². The van der Waals surface area contributed by atoms with Crippen molar-refractivity contribution in [1.82, 2.24) is 14.3 Å². The quantitative estimate of drug-likeness (QED) is 0.739. The number of imidazole rings is 1. The molecule has 2 N–H and O–H groups in total. The van der Waals surface area contributed by atoms with Crippen molar-refractivity contribution in [3.63, 3.8) is 0 Å². The molecule has 0 aliphatic rings. The summed E-state index contributed by atoms with van der Waals surface area (Å²) >= 11 is 0. The zero-order valence-electron chi connectivity index (χ0n) is 9.62. The van der Waals surface area contributed by atoms with Crippen molar-refractivity contribution in [3.05, 3.63) is 12.5 Å². The highest BCUT2D eigenvalue weighted by atomic mass is 32.2. The van der Waals surface area contributed by atoms with Crippen molar-refractivity contribution in [2.24, 2.45) is 13.0 Å². The molecule has 8 heteroatoms. The second-order valence-electron chi connectivity index (χ2n) is 3.80. The van der Waals surface area contributed by atoms with Crippen LogP contribution in [0.4, 0.5) is 0 Å². The van der Waals surface area contributed by atoms with Gasteiger partial charge in [0.2, 0.25) is 0 Å². The first-order valence-corrected chi connectivity index (χ1v) is 6.51. The lowest BCUT2D eigenvalue weighted by Gasteiger charge is -2.06. The van der Waals surface area contributed by atoms with Crippen LogP contribution in [0.5, 0.6) is 0 Å². The van der Waals surface area contributed by atoms with Gasteiger partial charge in [-0.05, 0) is 6.42 Å². The molecule has 1 unspecified atom stereocenters. The second kappa shape index (κ2) is 5.28. The number of aromatic nitrogens is 2. The van der Waals surface area contributed by atoms with Crippen LogP contribution < -0.4 is 4.72 Å². The molecule has 1 heterocycles. The monoisotopic (exact) mass is 261 g/mol. The van der Waals surface area contributed by atoms with Crippen LogP contribution in [0.3, 0.4) is 0 Å². The van der Waals surface area contributed by atoms with Crippen molar-refractivity contribution in [2.75, 3.05) is 6.54 Å². The van der Waals surface area contributed by atoms with E-state index in [0.29, 0.717) is 0 Å². The van der Waals surface area contributed by atoms with Gasteiger partial charge in [-0.25, -0.2) is 18.1 Å². The van der Waals surface area contributed by atoms with Crippen molar-refractivity contribution in [2.45, 2.75) is 18.4 Å². The predicted octanol–water partition coefficient (Wildman–Crippen LogP) is -0.191. The van der Waals surface area contributed by atoms with E-state index in [2.05, 4.69) is 9.71 Å². The smallest absolute Gasteiger partial charge is 0.306 e. The molecule has 1 aromatic heterocycles. The third-order valence-corrected chi connectivity index (χ3v) is 3.59. The van der Waals surface area contributed by atoms with Gasteiger partial charge in [-0.2, -0.15) is 0 Å². The predicted molar refractivity (Wildman–Crippen MR) is 59.8 cm³/mol. The summed E-state index contributed by atoms with van der Waals surface area (Å²) in [6.45, 7) is 1.60. The molecule has 0 fully saturated rings. The Hall–Kier alpha value is -1.41. The zero-order valence-corrected chi connectivity index (χ0v) is 10.4. The molecular weight excluding hydrogens is 246 g/mol. The van der Waals surface area contributed by atoms with Gasteiger partial charge in [0.15, 0.2) is 5.03 Å². The van der Waals surface area contributed by atoms with Gasteiger partial charge in [0.25, 0.3) is 10.0 Å². The van der Waals surface area contributed by atoms with Gasteiger partial charge in [0.1, 0.15) is 0 Å². The number of sulfonamides is 1.